The third kappa shape index (κ3) is 0.769. The second-order valence-electron chi connectivity index (χ2n) is 2.75. The highest BCUT2D eigenvalue weighted by molar-refractivity contribution is 4.88. The Hall–Kier alpha value is -0.160. The van der Waals surface area contributed by atoms with E-state index < -0.39 is 12.2 Å². The van der Waals surface area contributed by atoms with Crippen LogP contribution in [-0.2, 0) is 9.47 Å². The molecule has 2 saturated heterocycles. The summed E-state index contributed by atoms with van der Waals surface area (Å²) in [4.78, 5) is 0. The van der Waals surface area contributed by atoms with Gasteiger partial charge < -0.3 is 19.7 Å². The zero-order valence-electron chi connectivity index (χ0n) is 5.43. The fourth-order valence-corrected chi connectivity index (χ4v) is 1.50. The molecule has 0 saturated carbocycles. The molecule has 0 aromatic rings. The van der Waals surface area contributed by atoms with Crippen molar-refractivity contribution < 1.29 is 19.7 Å². The first-order chi connectivity index (χ1) is 4.79. The highest BCUT2D eigenvalue weighted by Gasteiger charge is 2.46. The van der Waals surface area contributed by atoms with E-state index >= 15 is 0 Å². The van der Waals surface area contributed by atoms with Crippen LogP contribution >= 0.6 is 0 Å². The zero-order valence-corrected chi connectivity index (χ0v) is 5.43. The van der Waals surface area contributed by atoms with E-state index in [1.165, 1.54) is 0 Å². The van der Waals surface area contributed by atoms with Crippen LogP contribution in [0, 0.1) is 5.92 Å². The van der Waals surface area contributed by atoms with Crippen LogP contribution in [-0.4, -0.2) is 41.9 Å². The molecule has 2 rings (SSSR count). The number of rotatable bonds is 0. The van der Waals surface area contributed by atoms with Crippen LogP contribution in [0.4, 0.5) is 0 Å². The molecule has 2 N–H and O–H groups in total. The Bertz CT molecular complexity index is 124. The van der Waals surface area contributed by atoms with E-state index in [4.69, 9.17) is 9.47 Å². The van der Waals surface area contributed by atoms with Crippen molar-refractivity contribution in [1.82, 2.24) is 0 Å². The first-order valence-electron chi connectivity index (χ1n) is 3.38. The molecule has 0 aromatic carbocycles. The molecule has 2 aliphatic heterocycles. The molecule has 0 aliphatic carbocycles. The summed E-state index contributed by atoms with van der Waals surface area (Å²) in [5, 5.41) is 18.4. The van der Waals surface area contributed by atoms with Crippen LogP contribution in [0.5, 0.6) is 0 Å². The van der Waals surface area contributed by atoms with Gasteiger partial charge >= 0.3 is 0 Å². The van der Waals surface area contributed by atoms with E-state index in [2.05, 4.69) is 0 Å². The largest absolute Gasteiger partial charge is 0.390 e. The topological polar surface area (TPSA) is 58.9 Å². The Morgan fingerprint density at radius 2 is 1.50 bits per heavy atom. The van der Waals surface area contributed by atoms with E-state index in [1.807, 2.05) is 0 Å². The lowest BCUT2D eigenvalue weighted by Crippen LogP contribution is -2.29. The smallest absolute Gasteiger partial charge is 0.165 e. The van der Waals surface area contributed by atoms with E-state index in [-0.39, 0.29) is 25.4 Å². The first-order valence-corrected chi connectivity index (χ1v) is 3.38. The fraction of sp³-hybridized carbons (Fsp3) is 1.00. The summed E-state index contributed by atoms with van der Waals surface area (Å²) in [6, 6.07) is 0. The van der Waals surface area contributed by atoms with E-state index in [9.17, 15) is 10.2 Å². The Morgan fingerprint density at radius 3 is 1.90 bits per heavy atom. The third-order valence-electron chi connectivity index (χ3n) is 2.07. The van der Waals surface area contributed by atoms with Crippen LogP contribution in [0.1, 0.15) is 0 Å². The molecule has 2 unspecified atom stereocenters. The zero-order chi connectivity index (χ0) is 7.14. The normalized spacial score (nSPS) is 53.4. The van der Waals surface area contributed by atoms with Gasteiger partial charge in [-0.1, -0.05) is 0 Å². The standard InChI is InChI=1S/C6H10O4/c7-3-1-9-6-5(3)4(8)2-10-6/h3-8H,1-2H2. The van der Waals surface area contributed by atoms with Gasteiger partial charge in [0, 0.05) is 0 Å². The summed E-state index contributed by atoms with van der Waals surface area (Å²) in [5.74, 6) is -0.222. The summed E-state index contributed by atoms with van der Waals surface area (Å²) in [6.07, 6.45) is -1.48. The van der Waals surface area contributed by atoms with Gasteiger partial charge in [0.05, 0.1) is 31.3 Å². The van der Waals surface area contributed by atoms with E-state index in [0.29, 0.717) is 0 Å². The first kappa shape index (κ1) is 6.54. The predicted molar refractivity (Wildman–Crippen MR) is 31.2 cm³/mol. The van der Waals surface area contributed by atoms with Crippen LogP contribution in [0.2, 0.25) is 0 Å². The fourth-order valence-electron chi connectivity index (χ4n) is 1.50. The molecule has 0 amide bonds. The second-order valence-corrected chi connectivity index (χ2v) is 2.75. The molecule has 2 heterocycles. The van der Waals surface area contributed by atoms with Crippen molar-refractivity contribution in [2.75, 3.05) is 13.2 Å². The average molecular weight is 146 g/mol. The van der Waals surface area contributed by atoms with Crippen molar-refractivity contribution in [3.8, 4) is 0 Å². The van der Waals surface area contributed by atoms with E-state index in [1.54, 1.807) is 0 Å². The van der Waals surface area contributed by atoms with Gasteiger partial charge in [-0.3, -0.25) is 0 Å². The molecule has 2 fully saturated rings. The third-order valence-corrected chi connectivity index (χ3v) is 2.07. The lowest BCUT2D eigenvalue weighted by Gasteiger charge is -2.11. The molecule has 0 aromatic heterocycles. The molecule has 2 atom stereocenters. The van der Waals surface area contributed by atoms with Gasteiger partial charge in [-0.2, -0.15) is 0 Å². The van der Waals surface area contributed by atoms with Crippen molar-refractivity contribution in [2.45, 2.75) is 18.5 Å². The second kappa shape index (κ2) is 2.17. The van der Waals surface area contributed by atoms with Gasteiger partial charge in [0.15, 0.2) is 6.29 Å². The van der Waals surface area contributed by atoms with Crippen molar-refractivity contribution in [2.24, 2.45) is 5.92 Å². The molecule has 58 valence electrons. The maximum Gasteiger partial charge on any atom is 0.165 e. The number of fused-ring (bicyclic) bond motifs is 1. The van der Waals surface area contributed by atoms with Crippen LogP contribution in [0.3, 0.4) is 0 Å². The lowest BCUT2D eigenvalue weighted by molar-refractivity contribution is -0.0911. The van der Waals surface area contributed by atoms with Crippen LogP contribution in [0.25, 0.3) is 0 Å². The van der Waals surface area contributed by atoms with Gasteiger partial charge in [0.1, 0.15) is 0 Å². The maximum atomic E-state index is 9.20. The van der Waals surface area contributed by atoms with Crippen molar-refractivity contribution in [3.05, 3.63) is 0 Å². The quantitative estimate of drug-likeness (QED) is 0.446. The molecule has 4 heteroatoms. The predicted octanol–water partition coefficient (Wildman–Crippen LogP) is -1.29. The monoisotopic (exact) mass is 146 g/mol. The number of aliphatic hydroxyl groups excluding tert-OH is 2. The summed E-state index contributed by atoms with van der Waals surface area (Å²) in [7, 11) is 0. The van der Waals surface area contributed by atoms with Gasteiger partial charge in [-0.05, 0) is 0 Å². The highest BCUT2D eigenvalue weighted by Crippen LogP contribution is 2.31. The minimum atomic E-state index is -0.553. The van der Waals surface area contributed by atoms with E-state index in [0.717, 1.165) is 0 Å². The summed E-state index contributed by atoms with van der Waals surface area (Å²) in [5.41, 5.74) is 0. The minimum absolute atomic E-state index is 0.222. The minimum Gasteiger partial charge on any atom is -0.390 e. The molecular weight excluding hydrogens is 136 g/mol. The maximum absolute atomic E-state index is 9.20. The van der Waals surface area contributed by atoms with Gasteiger partial charge in [-0.25, -0.2) is 0 Å². The van der Waals surface area contributed by atoms with Gasteiger partial charge in [0.2, 0.25) is 0 Å². The van der Waals surface area contributed by atoms with Gasteiger partial charge in [0.25, 0.3) is 0 Å². The number of hydrogen-bond acceptors (Lipinski definition) is 4. The van der Waals surface area contributed by atoms with Gasteiger partial charge in [-0.15, -0.1) is 0 Å². The average Bonchev–Trinajstić information content (AvgIpc) is 2.40. The van der Waals surface area contributed by atoms with Crippen molar-refractivity contribution in [1.29, 1.82) is 0 Å². The SMILES string of the molecule is OC1COC2OCC(O)C12. The lowest BCUT2D eigenvalue weighted by atomic mass is 10.0. The van der Waals surface area contributed by atoms with Crippen LogP contribution in [0.15, 0.2) is 0 Å². The Morgan fingerprint density at radius 1 is 1.00 bits per heavy atom. The molecule has 10 heavy (non-hydrogen) atoms. The Labute approximate surface area is 58.4 Å². The Kier molecular flexibility index (Phi) is 1.42. The van der Waals surface area contributed by atoms with Crippen LogP contribution < -0.4 is 0 Å². The molecule has 0 radical (unpaired) electrons. The summed E-state index contributed by atoms with van der Waals surface area (Å²) < 4.78 is 10.1. The molecular formula is C6H10O4. The van der Waals surface area contributed by atoms with Crippen molar-refractivity contribution >= 4 is 0 Å². The van der Waals surface area contributed by atoms with Crippen molar-refractivity contribution in [3.63, 3.8) is 0 Å². The number of aliphatic hydroxyl groups is 2. The molecule has 0 bridgehead atoms. The Balaban J connectivity index is 2.11. The molecule has 2 aliphatic rings. The molecule has 4 nitrogen and oxygen atoms in total. The number of ether oxygens (including phenoxy) is 2. The number of hydrogen-bond donors (Lipinski definition) is 2. The highest BCUT2D eigenvalue weighted by atomic mass is 16.7. The molecule has 0 spiro atoms. The summed E-state index contributed by atoms with van der Waals surface area (Å²) in [6.45, 7) is 0.568. The summed E-state index contributed by atoms with van der Waals surface area (Å²) >= 11 is 0.